The normalized spacial score (nSPS) is 12.3. The Balaban J connectivity index is 2.96. The summed E-state index contributed by atoms with van der Waals surface area (Å²) in [5.41, 5.74) is 0. The average molecular weight is 226 g/mol. The van der Waals surface area contributed by atoms with Gasteiger partial charge >= 0.3 is 0 Å². The summed E-state index contributed by atoms with van der Waals surface area (Å²) >= 11 is 0. The summed E-state index contributed by atoms with van der Waals surface area (Å²) in [4.78, 5) is 9.86. The van der Waals surface area contributed by atoms with Crippen LogP contribution in [0.15, 0.2) is 6.20 Å². The lowest BCUT2D eigenvalue weighted by molar-refractivity contribution is 0.584. The van der Waals surface area contributed by atoms with E-state index < -0.39 is 0 Å². The first-order valence-electron chi connectivity index (χ1n) is 5.59. The van der Waals surface area contributed by atoms with Crippen molar-refractivity contribution in [3.8, 4) is 0 Å². The van der Waals surface area contributed by atoms with E-state index in [4.69, 9.17) is 0 Å². The molecular formula is C11H19FN4. The highest BCUT2D eigenvalue weighted by Gasteiger charge is 2.15. The van der Waals surface area contributed by atoms with Crippen LogP contribution in [0.25, 0.3) is 0 Å². The van der Waals surface area contributed by atoms with Crippen LogP contribution in [0.2, 0.25) is 0 Å². The van der Waals surface area contributed by atoms with Gasteiger partial charge in [0.05, 0.1) is 6.20 Å². The zero-order valence-electron chi connectivity index (χ0n) is 10.3. The molecule has 5 heteroatoms. The fourth-order valence-electron chi connectivity index (χ4n) is 1.33. The molecule has 0 amide bonds. The van der Waals surface area contributed by atoms with Crippen LogP contribution >= 0.6 is 0 Å². The minimum absolute atomic E-state index is 0.249. The predicted molar refractivity (Wildman–Crippen MR) is 64.3 cm³/mol. The Morgan fingerprint density at radius 2 is 2.19 bits per heavy atom. The topological polar surface area (TPSA) is 41.1 Å². The van der Waals surface area contributed by atoms with Crippen LogP contribution in [0.3, 0.4) is 0 Å². The first kappa shape index (κ1) is 12.7. The van der Waals surface area contributed by atoms with E-state index in [-0.39, 0.29) is 11.9 Å². The molecule has 1 aromatic rings. The molecule has 0 saturated heterocycles. The van der Waals surface area contributed by atoms with Crippen molar-refractivity contribution in [2.75, 3.05) is 23.8 Å². The molecule has 0 radical (unpaired) electrons. The van der Waals surface area contributed by atoms with E-state index in [1.165, 1.54) is 6.20 Å². The molecule has 1 atom stereocenters. The molecule has 16 heavy (non-hydrogen) atoms. The number of hydrogen-bond acceptors (Lipinski definition) is 4. The van der Waals surface area contributed by atoms with E-state index in [1.54, 1.807) is 0 Å². The SMILES string of the molecule is CCNc1ncc(F)c(N(C)C(C)CC)n1. The molecule has 0 fully saturated rings. The summed E-state index contributed by atoms with van der Waals surface area (Å²) in [6.45, 7) is 6.77. The molecule has 0 spiro atoms. The molecule has 0 aliphatic rings. The Morgan fingerprint density at radius 3 is 2.75 bits per heavy atom. The third kappa shape index (κ3) is 2.81. The quantitative estimate of drug-likeness (QED) is 0.836. The van der Waals surface area contributed by atoms with Crippen LogP contribution in [0.4, 0.5) is 16.2 Å². The largest absolute Gasteiger partial charge is 0.354 e. The van der Waals surface area contributed by atoms with Gasteiger partial charge in [-0.15, -0.1) is 0 Å². The smallest absolute Gasteiger partial charge is 0.224 e. The maximum Gasteiger partial charge on any atom is 0.224 e. The molecule has 0 aromatic carbocycles. The van der Waals surface area contributed by atoms with Gasteiger partial charge in [-0.25, -0.2) is 9.37 Å². The molecule has 0 aliphatic carbocycles. The van der Waals surface area contributed by atoms with Crippen molar-refractivity contribution in [2.24, 2.45) is 0 Å². The summed E-state index contributed by atoms with van der Waals surface area (Å²) in [7, 11) is 1.84. The van der Waals surface area contributed by atoms with Gasteiger partial charge in [0.1, 0.15) is 0 Å². The van der Waals surface area contributed by atoms with Gasteiger partial charge in [-0.2, -0.15) is 4.98 Å². The summed E-state index contributed by atoms with van der Waals surface area (Å²) in [6.07, 6.45) is 2.15. The lowest BCUT2D eigenvalue weighted by atomic mass is 10.2. The number of anilines is 2. The zero-order valence-corrected chi connectivity index (χ0v) is 10.3. The molecule has 0 bridgehead atoms. The molecule has 1 N–H and O–H groups in total. The van der Waals surface area contributed by atoms with E-state index in [0.717, 1.165) is 13.0 Å². The van der Waals surface area contributed by atoms with Gasteiger partial charge in [-0.3, -0.25) is 0 Å². The van der Waals surface area contributed by atoms with Crippen LogP contribution in [-0.4, -0.2) is 29.6 Å². The zero-order chi connectivity index (χ0) is 12.1. The van der Waals surface area contributed by atoms with Crippen LogP contribution in [0.5, 0.6) is 0 Å². The van der Waals surface area contributed by atoms with Gasteiger partial charge in [0.25, 0.3) is 0 Å². The lowest BCUT2D eigenvalue weighted by Crippen LogP contribution is -2.30. The van der Waals surface area contributed by atoms with Crippen molar-refractivity contribution < 1.29 is 4.39 Å². The number of aromatic nitrogens is 2. The molecule has 0 aliphatic heterocycles. The summed E-state index contributed by atoms with van der Waals surface area (Å²) in [5.74, 6) is 0.429. The second kappa shape index (κ2) is 5.63. The minimum atomic E-state index is -0.385. The van der Waals surface area contributed by atoms with E-state index in [1.807, 2.05) is 25.8 Å². The standard InChI is InChI=1S/C11H19FN4/c1-5-8(3)16(4)10-9(12)7-14-11(15-10)13-6-2/h7-8H,5-6H2,1-4H3,(H,13,14,15). The fraction of sp³-hybridized carbons (Fsp3) is 0.636. The number of hydrogen-bond donors (Lipinski definition) is 1. The number of rotatable bonds is 5. The van der Waals surface area contributed by atoms with Crippen molar-refractivity contribution >= 4 is 11.8 Å². The highest BCUT2D eigenvalue weighted by molar-refractivity contribution is 5.43. The molecule has 1 rings (SSSR count). The molecule has 1 aromatic heterocycles. The van der Waals surface area contributed by atoms with E-state index in [2.05, 4.69) is 22.2 Å². The van der Waals surface area contributed by atoms with Crippen LogP contribution in [0, 0.1) is 5.82 Å². The second-order valence-corrected chi connectivity index (χ2v) is 3.76. The van der Waals surface area contributed by atoms with Crippen LogP contribution < -0.4 is 10.2 Å². The van der Waals surface area contributed by atoms with E-state index >= 15 is 0 Å². The highest BCUT2D eigenvalue weighted by Crippen LogP contribution is 2.18. The van der Waals surface area contributed by atoms with E-state index in [0.29, 0.717) is 11.8 Å². The first-order chi connectivity index (χ1) is 7.60. The van der Waals surface area contributed by atoms with Gasteiger partial charge in [0.15, 0.2) is 11.6 Å². The summed E-state index contributed by atoms with van der Waals surface area (Å²) in [6, 6.07) is 0.249. The summed E-state index contributed by atoms with van der Waals surface area (Å²) < 4.78 is 13.6. The van der Waals surface area contributed by atoms with Crippen molar-refractivity contribution in [2.45, 2.75) is 33.2 Å². The Labute approximate surface area is 95.9 Å². The summed E-state index contributed by atoms with van der Waals surface area (Å²) in [5, 5.41) is 2.97. The monoisotopic (exact) mass is 226 g/mol. The van der Waals surface area contributed by atoms with Gasteiger partial charge in [-0.1, -0.05) is 6.92 Å². The molecule has 1 heterocycles. The second-order valence-electron chi connectivity index (χ2n) is 3.76. The Bertz CT molecular complexity index is 343. The Hall–Kier alpha value is -1.39. The average Bonchev–Trinajstić information content (AvgIpc) is 2.30. The van der Waals surface area contributed by atoms with Gasteiger partial charge in [0, 0.05) is 19.6 Å². The highest BCUT2D eigenvalue weighted by atomic mass is 19.1. The van der Waals surface area contributed by atoms with Crippen LogP contribution in [-0.2, 0) is 0 Å². The van der Waals surface area contributed by atoms with Gasteiger partial charge < -0.3 is 10.2 Å². The predicted octanol–water partition coefficient (Wildman–Crippen LogP) is 2.28. The maximum absolute atomic E-state index is 13.6. The van der Waals surface area contributed by atoms with Crippen molar-refractivity contribution in [1.29, 1.82) is 0 Å². The number of nitrogens with zero attached hydrogens (tertiary/aromatic N) is 3. The van der Waals surface area contributed by atoms with E-state index in [9.17, 15) is 4.39 Å². The molecule has 90 valence electrons. The van der Waals surface area contributed by atoms with Gasteiger partial charge in [0.2, 0.25) is 5.95 Å². The maximum atomic E-state index is 13.6. The molecule has 0 saturated carbocycles. The van der Waals surface area contributed by atoms with Crippen molar-refractivity contribution in [1.82, 2.24) is 9.97 Å². The van der Waals surface area contributed by atoms with Crippen LogP contribution in [0.1, 0.15) is 27.2 Å². The Kier molecular flexibility index (Phi) is 4.46. The minimum Gasteiger partial charge on any atom is -0.354 e. The number of nitrogens with one attached hydrogen (secondary N) is 1. The molecular weight excluding hydrogens is 207 g/mol. The lowest BCUT2D eigenvalue weighted by Gasteiger charge is -2.25. The van der Waals surface area contributed by atoms with Crippen molar-refractivity contribution in [3.05, 3.63) is 12.0 Å². The molecule has 4 nitrogen and oxygen atoms in total. The first-order valence-corrected chi connectivity index (χ1v) is 5.59. The van der Waals surface area contributed by atoms with Gasteiger partial charge in [-0.05, 0) is 20.3 Å². The Morgan fingerprint density at radius 1 is 1.50 bits per heavy atom. The fourth-order valence-corrected chi connectivity index (χ4v) is 1.33. The van der Waals surface area contributed by atoms with Crippen molar-refractivity contribution in [3.63, 3.8) is 0 Å². The third-order valence-electron chi connectivity index (χ3n) is 2.65. The number of halogens is 1. The third-order valence-corrected chi connectivity index (χ3v) is 2.65. The molecule has 1 unspecified atom stereocenters.